The van der Waals surface area contributed by atoms with Gasteiger partial charge in [0, 0.05) is 16.0 Å². The molecule has 0 saturated heterocycles. The van der Waals surface area contributed by atoms with E-state index < -0.39 is 0 Å². The van der Waals surface area contributed by atoms with E-state index in [2.05, 4.69) is 39.2 Å². The zero-order chi connectivity index (χ0) is 18.2. The van der Waals surface area contributed by atoms with E-state index >= 15 is 0 Å². The topological polar surface area (TPSA) is 47.9 Å². The summed E-state index contributed by atoms with van der Waals surface area (Å²) in [6.07, 6.45) is 1.55. The molecule has 0 aliphatic heterocycles. The van der Waals surface area contributed by atoms with Gasteiger partial charge in [0.05, 0.1) is 5.39 Å². The average molecular weight is 369 g/mol. The molecule has 0 spiro atoms. The zero-order valence-corrected chi connectivity index (χ0v) is 15.4. The van der Waals surface area contributed by atoms with Crippen molar-refractivity contribution in [1.29, 1.82) is 0 Å². The third kappa shape index (κ3) is 2.92. The molecule has 4 nitrogen and oxygen atoms in total. The maximum atomic E-state index is 6.20. The van der Waals surface area contributed by atoms with Crippen LogP contribution in [0, 0.1) is 6.92 Å². The third-order valence-corrected chi connectivity index (χ3v) is 5.47. The van der Waals surface area contributed by atoms with Crippen LogP contribution in [0.2, 0.25) is 0 Å². The molecule has 0 amide bonds. The van der Waals surface area contributed by atoms with Crippen LogP contribution < -0.4 is 4.74 Å². The molecule has 5 aromatic rings. The molecule has 0 unspecified atom stereocenters. The Labute approximate surface area is 160 Å². The van der Waals surface area contributed by atoms with Crippen molar-refractivity contribution >= 4 is 32.5 Å². The number of aryl methyl sites for hydroxylation is 1. The number of pyridine rings is 1. The van der Waals surface area contributed by atoms with E-state index in [4.69, 9.17) is 4.74 Å². The highest BCUT2D eigenvalue weighted by molar-refractivity contribution is 7.21. The van der Waals surface area contributed by atoms with Crippen molar-refractivity contribution in [3.05, 3.63) is 78.8 Å². The third-order valence-electron chi connectivity index (χ3n) is 4.38. The van der Waals surface area contributed by atoms with Crippen molar-refractivity contribution in [3.8, 4) is 22.1 Å². The summed E-state index contributed by atoms with van der Waals surface area (Å²) in [7, 11) is 0. The molecule has 3 heterocycles. The van der Waals surface area contributed by atoms with Gasteiger partial charge in [-0.25, -0.2) is 15.0 Å². The lowest BCUT2D eigenvalue weighted by atomic mass is 10.2. The minimum absolute atomic E-state index is 0.550. The van der Waals surface area contributed by atoms with E-state index in [-0.39, 0.29) is 0 Å². The number of hydrogen-bond acceptors (Lipinski definition) is 5. The second-order valence-electron chi connectivity index (χ2n) is 6.26. The maximum Gasteiger partial charge on any atom is 0.231 e. The summed E-state index contributed by atoms with van der Waals surface area (Å²) in [5.41, 5.74) is 2.95. The molecule has 5 heteroatoms. The molecule has 0 aliphatic carbocycles. The Morgan fingerprint density at radius 3 is 2.67 bits per heavy atom. The Morgan fingerprint density at radius 1 is 0.889 bits per heavy atom. The smallest absolute Gasteiger partial charge is 0.231 e. The van der Waals surface area contributed by atoms with E-state index in [1.54, 1.807) is 17.7 Å². The highest BCUT2D eigenvalue weighted by Crippen LogP contribution is 2.38. The van der Waals surface area contributed by atoms with Gasteiger partial charge >= 0.3 is 0 Å². The first-order valence-electron chi connectivity index (χ1n) is 8.62. The quantitative estimate of drug-likeness (QED) is 0.391. The Kier molecular flexibility index (Phi) is 3.80. The molecule has 2 aromatic carbocycles. The summed E-state index contributed by atoms with van der Waals surface area (Å²) in [6, 6.07) is 22.3. The average Bonchev–Trinajstić information content (AvgIpc) is 3.15. The van der Waals surface area contributed by atoms with Gasteiger partial charge in [-0.1, -0.05) is 48.5 Å². The van der Waals surface area contributed by atoms with Crippen LogP contribution in [0.1, 0.15) is 5.69 Å². The van der Waals surface area contributed by atoms with Crippen LogP contribution in [0.25, 0.3) is 31.6 Å². The molecule has 0 aliphatic rings. The predicted octanol–water partition coefficient (Wildman–Crippen LogP) is 6.01. The van der Waals surface area contributed by atoms with Crippen LogP contribution in [0.3, 0.4) is 0 Å². The fourth-order valence-electron chi connectivity index (χ4n) is 3.06. The highest BCUT2D eigenvalue weighted by atomic mass is 32.1. The van der Waals surface area contributed by atoms with Crippen LogP contribution in [-0.4, -0.2) is 15.0 Å². The number of thiophene rings is 1. The zero-order valence-electron chi connectivity index (χ0n) is 14.6. The number of para-hydroxylation sites is 1. The van der Waals surface area contributed by atoms with Crippen molar-refractivity contribution < 1.29 is 4.74 Å². The maximum absolute atomic E-state index is 6.20. The van der Waals surface area contributed by atoms with Gasteiger partial charge in [0.1, 0.15) is 16.7 Å². The van der Waals surface area contributed by atoms with Crippen LogP contribution >= 0.6 is 11.3 Å². The highest BCUT2D eigenvalue weighted by Gasteiger charge is 2.13. The minimum Gasteiger partial charge on any atom is -0.436 e. The number of aromatic nitrogens is 3. The van der Waals surface area contributed by atoms with Crippen molar-refractivity contribution in [2.75, 3.05) is 0 Å². The summed E-state index contributed by atoms with van der Waals surface area (Å²) < 4.78 is 6.20. The standard InChI is InChI=1S/C22H15N3OS/c1-14-10-11-16-8-5-9-18(20(16)25-14)26-21-17-12-19(15-6-3-2-4-7-15)27-22(17)24-13-23-21/h2-13H,1H3. The molecule has 0 radical (unpaired) electrons. The van der Waals surface area contributed by atoms with Crippen molar-refractivity contribution in [3.63, 3.8) is 0 Å². The van der Waals surface area contributed by atoms with Crippen LogP contribution in [-0.2, 0) is 0 Å². The lowest BCUT2D eigenvalue weighted by molar-refractivity contribution is 0.472. The minimum atomic E-state index is 0.550. The normalized spacial score (nSPS) is 11.1. The first kappa shape index (κ1) is 15.9. The molecule has 130 valence electrons. The first-order valence-corrected chi connectivity index (χ1v) is 9.44. The summed E-state index contributed by atoms with van der Waals surface area (Å²) in [4.78, 5) is 15.5. The summed E-state index contributed by atoms with van der Waals surface area (Å²) >= 11 is 1.63. The van der Waals surface area contributed by atoms with Gasteiger partial charge in [-0.05, 0) is 30.7 Å². The van der Waals surface area contributed by atoms with E-state index in [0.717, 1.165) is 37.3 Å². The van der Waals surface area contributed by atoms with Gasteiger partial charge in [-0.3, -0.25) is 0 Å². The molecule has 5 rings (SSSR count). The molecule has 0 saturated carbocycles. The van der Waals surface area contributed by atoms with E-state index in [9.17, 15) is 0 Å². The fraction of sp³-hybridized carbons (Fsp3) is 0.0455. The molecule has 0 fully saturated rings. The lowest BCUT2D eigenvalue weighted by Gasteiger charge is -2.08. The molecule has 0 bridgehead atoms. The molecular weight excluding hydrogens is 354 g/mol. The first-order chi connectivity index (χ1) is 13.3. The van der Waals surface area contributed by atoms with Gasteiger partial charge in [0.2, 0.25) is 5.88 Å². The summed E-state index contributed by atoms with van der Waals surface area (Å²) in [5.74, 6) is 1.25. The van der Waals surface area contributed by atoms with Gasteiger partial charge in [-0.15, -0.1) is 11.3 Å². The van der Waals surface area contributed by atoms with Crippen molar-refractivity contribution in [2.45, 2.75) is 6.92 Å². The number of ether oxygens (including phenoxy) is 1. The Morgan fingerprint density at radius 2 is 1.78 bits per heavy atom. The lowest BCUT2D eigenvalue weighted by Crippen LogP contribution is -1.92. The largest absolute Gasteiger partial charge is 0.436 e. The van der Waals surface area contributed by atoms with Gasteiger partial charge in [-0.2, -0.15) is 0 Å². The van der Waals surface area contributed by atoms with Gasteiger partial charge in [0.15, 0.2) is 5.75 Å². The second-order valence-corrected chi connectivity index (χ2v) is 7.29. The molecule has 0 atom stereocenters. The van der Waals surface area contributed by atoms with Crippen molar-refractivity contribution in [2.24, 2.45) is 0 Å². The number of benzene rings is 2. The Hall–Kier alpha value is -3.31. The van der Waals surface area contributed by atoms with Gasteiger partial charge < -0.3 is 4.74 Å². The summed E-state index contributed by atoms with van der Waals surface area (Å²) in [6.45, 7) is 1.98. The Balaban J connectivity index is 1.62. The predicted molar refractivity (Wildman–Crippen MR) is 109 cm³/mol. The molecular formula is C22H15N3OS. The Bertz CT molecular complexity index is 1260. The van der Waals surface area contributed by atoms with E-state index in [1.165, 1.54) is 0 Å². The van der Waals surface area contributed by atoms with E-state index in [1.807, 2.05) is 49.4 Å². The number of rotatable bonds is 3. The monoisotopic (exact) mass is 369 g/mol. The fourth-order valence-corrected chi connectivity index (χ4v) is 4.06. The van der Waals surface area contributed by atoms with Crippen LogP contribution in [0.4, 0.5) is 0 Å². The van der Waals surface area contributed by atoms with Crippen molar-refractivity contribution in [1.82, 2.24) is 15.0 Å². The summed E-state index contributed by atoms with van der Waals surface area (Å²) in [5, 5.41) is 1.95. The SMILES string of the molecule is Cc1ccc2cccc(Oc3ncnc4sc(-c5ccccc5)cc34)c2n1. The molecule has 0 N–H and O–H groups in total. The van der Waals surface area contributed by atoms with Crippen LogP contribution in [0.15, 0.2) is 73.1 Å². The molecule has 27 heavy (non-hydrogen) atoms. The number of nitrogens with zero attached hydrogens (tertiary/aromatic N) is 3. The van der Waals surface area contributed by atoms with E-state index in [0.29, 0.717) is 11.6 Å². The van der Waals surface area contributed by atoms with Crippen LogP contribution in [0.5, 0.6) is 11.6 Å². The number of hydrogen-bond donors (Lipinski definition) is 0. The number of fused-ring (bicyclic) bond motifs is 2. The second kappa shape index (κ2) is 6.45. The molecule has 3 aromatic heterocycles. The van der Waals surface area contributed by atoms with Gasteiger partial charge in [0.25, 0.3) is 0 Å².